The van der Waals surface area contributed by atoms with Gasteiger partial charge in [-0.25, -0.2) is 4.79 Å². The molecule has 18 nitrogen and oxygen atoms in total. The molecule has 18 heteroatoms. The molecule has 0 amide bonds. The zero-order chi connectivity index (χ0) is 43.3. The third kappa shape index (κ3) is 14.2. The molecule has 0 radical (unpaired) electrons. The first kappa shape index (κ1) is 47.6. The summed E-state index contributed by atoms with van der Waals surface area (Å²) >= 11 is 0. The summed E-state index contributed by atoms with van der Waals surface area (Å²) in [5, 5.41) is 0. The molecule has 58 heavy (non-hydrogen) atoms. The van der Waals surface area contributed by atoms with Crippen molar-refractivity contribution < 1.29 is 85.7 Å². The summed E-state index contributed by atoms with van der Waals surface area (Å²) in [6.45, 7) is 13.7. The summed E-state index contributed by atoms with van der Waals surface area (Å²) in [6.07, 6.45) is -11.2. The van der Waals surface area contributed by atoms with E-state index in [2.05, 4.69) is 0 Å². The average Bonchev–Trinajstić information content (AvgIpc) is 3.10. The number of hydrogen-bond donors (Lipinski definition) is 0. The van der Waals surface area contributed by atoms with Gasteiger partial charge in [0, 0.05) is 54.4 Å². The Morgan fingerprint density at radius 1 is 0.621 bits per heavy atom. The lowest BCUT2D eigenvalue weighted by molar-refractivity contribution is -0.317. The van der Waals surface area contributed by atoms with Gasteiger partial charge in [-0.05, 0) is 23.0 Å². The number of hydrogen-bond acceptors (Lipinski definition) is 18. The molecule has 1 aromatic carbocycles. The molecule has 1 aromatic rings. The molecule has 0 saturated carbocycles. The molecular weight excluding hydrogens is 768 g/mol. The van der Waals surface area contributed by atoms with Crippen molar-refractivity contribution in [1.29, 1.82) is 0 Å². The largest absolute Gasteiger partial charge is 0.513 e. The van der Waals surface area contributed by atoms with Crippen molar-refractivity contribution in [2.45, 2.75) is 143 Å². The Morgan fingerprint density at radius 2 is 1.14 bits per heavy atom. The average molecular weight is 825 g/mol. The highest BCUT2D eigenvalue weighted by atomic mass is 16.7. The normalized spacial score (nSPS) is 25.6. The summed E-state index contributed by atoms with van der Waals surface area (Å²) in [6, 6.07) is 5.69. The van der Waals surface area contributed by atoms with Crippen LogP contribution in [0, 0.1) is 5.92 Å². The van der Waals surface area contributed by atoms with E-state index in [1.807, 2.05) is 45.9 Å². The fraction of sp³-hybridized carbons (Fsp3) is 0.675. The van der Waals surface area contributed by atoms with Gasteiger partial charge in [-0.15, -0.1) is 0 Å². The van der Waals surface area contributed by atoms with Gasteiger partial charge < -0.3 is 52.1 Å². The van der Waals surface area contributed by atoms with Crippen molar-refractivity contribution in [3.8, 4) is 5.75 Å². The predicted molar refractivity (Wildman–Crippen MR) is 198 cm³/mol. The van der Waals surface area contributed by atoms with Gasteiger partial charge in [-0.1, -0.05) is 45.9 Å². The van der Waals surface area contributed by atoms with Crippen LogP contribution >= 0.6 is 0 Å². The van der Waals surface area contributed by atoms with Gasteiger partial charge in [0.25, 0.3) is 0 Å². The molecular formula is C40H56O18. The first-order valence-electron chi connectivity index (χ1n) is 19.1. The summed E-state index contributed by atoms with van der Waals surface area (Å²) < 4.78 is 62.7. The van der Waals surface area contributed by atoms with E-state index in [9.17, 15) is 33.6 Å². The lowest BCUT2D eigenvalue weighted by Crippen LogP contribution is -2.65. The number of rotatable bonds is 17. The second-order valence-corrected chi connectivity index (χ2v) is 14.5. The fourth-order valence-corrected chi connectivity index (χ4v) is 6.85. The number of carbonyl (C=O) groups is 7. The third-order valence-corrected chi connectivity index (χ3v) is 9.11. The molecule has 3 rings (SSSR count). The minimum absolute atomic E-state index is 0.0791. The van der Waals surface area contributed by atoms with Crippen molar-refractivity contribution in [1.82, 2.24) is 0 Å². The number of carbonyl (C=O) groups excluding carboxylic acids is 7. The van der Waals surface area contributed by atoms with E-state index in [0.717, 1.165) is 45.7 Å². The van der Waals surface area contributed by atoms with Crippen LogP contribution in [-0.4, -0.2) is 117 Å². The lowest BCUT2D eigenvalue weighted by Gasteiger charge is -2.50. The van der Waals surface area contributed by atoms with E-state index < -0.39 is 110 Å². The molecule has 2 heterocycles. The van der Waals surface area contributed by atoms with E-state index in [4.69, 9.17) is 52.1 Å². The standard InChI is InChI=1S/C40H56O18/c1-20(2)28-13-11-14-29(21(3)4)35(28)58-40(47)49-16-12-15-48-39-38(55-27(10)46)37(54-26(9)45)34(32(57-39)18-50-22(5)41)30-17-31(52-24(7)43)36(53-25(8)44)33(56-30)19-51-23(6)42/h11,13-14,20-21,30-34,36-39H,12,15-19H2,1-10H3/t30-,31?,32?,33?,34?,36-,37?,38+,39+/m0/s1. The van der Waals surface area contributed by atoms with Crippen LogP contribution in [0.2, 0.25) is 0 Å². The van der Waals surface area contributed by atoms with Crippen molar-refractivity contribution in [2.24, 2.45) is 5.92 Å². The minimum Gasteiger partial charge on any atom is -0.463 e. The second kappa shape index (κ2) is 22.4. The van der Waals surface area contributed by atoms with Crippen molar-refractivity contribution in [2.75, 3.05) is 26.4 Å². The molecule has 2 saturated heterocycles. The van der Waals surface area contributed by atoms with Gasteiger partial charge in [0.15, 0.2) is 24.6 Å². The quantitative estimate of drug-likeness (QED) is 0.0929. The summed E-state index contributed by atoms with van der Waals surface area (Å²) in [7, 11) is 0. The van der Waals surface area contributed by atoms with Gasteiger partial charge in [0.05, 0.1) is 25.2 Å². The van der Waals surface area contributed by atoms with Crippen molar-refractivity contribution >= 4 is 42.0 Å². The number of para-hydroxylation sites is 1. The van der Waals surface area contributed by atoms with Crippen LogP contribution in [0.1, 0.15) is 105 Å². The topological polar surface area (TPSA) is 221 Å². The van der Waals surface area contributed by atoms with Crippen LogP contribution in [0.15, 0.2) is 18.2 Å². The molecule has 2 aliphatic heterocycles. The molecule has 324 valence electrons. The molecule has 2 fully saturated rings. The van der Waals surface area contributed by atoms with Gasteiger partial charge in [-0.3, -0.25) is 28.8 Å². The number of esters is 6. The SMILES string of the molecule is CC(=O)OCC1O[C@@H](OCCCOC(=O)Oc2c(C(C)C)cccc2C(C)C)[C@H](OC(C)=O)C(OC(C)=O)C1[C@@H]1CC(OC(C)=O)[C@H](OC(C)=O)C(COC(C)=O)O1. The molecule has 0 aromatic heterocycles. The Labute approximate surface area is 337 Å². The maximum atomic E-state index is 12.8. The van der Waals surface area contributed by atoms with E-state index in [1.54, 1.807) is 0 Å². The summed E-state index contributed by atoms with van der Waals surface area (Å²) in [5.74, 6) is -4.96. The fourth-order valence-electron chi connectivity index (χ4n) is 6.85. The molecule has 9 atom stereocenters. The van der Waals surface area contributed by atoms with E-state index >= 15 is 0 Å². The first-order chi connectivity index (χ1) is 27.3. The van der Waals surface area contributed by atoms with E-state index in [-0.39, 0.29) is 37.9 Å². The van der Waals surface area contributed by atoms with Gasteiger partial charge in [0.2, 0.25) is 0 Å². The highest BCUT2D eigenvalue weighted by Gasteiger charge is 2.57. The van der Waals surface area contributed by atoms with Crippen LogP contribution in [-0.2, 0) is 76.1 Å². The van der Waals surface area contributed by atoms with Gasteiger partial charge in [0.1, 0.15) is 37.3 Å². The molecule has 0 bridgehead atoms. The number of ether oxygens (including phenoxy) is 11. The van der Waals surface area contributed by atoms with Gasteiger partial charge >= 0.3 is 42.0 Å². The Kier molecular flexibility index (Phi) is 18.3. The minimum atomic E-state index is -1.44. The molecule has 0 aliphatic carbocycles. The zero-order valence-electron chi connectivity index (χ0n) is 34.7. The third-order valence-electron chi connectivity index (χ3n) is 9.11. The smallest absolute Gasteiger partial charge is 0.463 e. The highest BCUT2D eigenvalue weighted by Crippen LogP contribution is 2.40. The van der Waals surface area contributed by atoms with Crippen LogP contribution in [0.4, 0.5) is 4.79 Å². The maximum absolute atomic E-state index is 12.8. The van der Waals surface area contributed by atoms with Crippen molar-refractivity contribution in [3.05, 3.63) is 29.3 Å². The molecule has 2 aliphatic rings. The van der Waals surface area contributed by atoms with Gasteiger partial charge in [-0.2, -0.15) is 0 Å². The lowest BCUT2D eigenvalue weighted by atomic mass is 9.79. The Hall–Kier alpha value is -4.81. The second-order valence-electron chi connectivity index (χ2n) is 14.5. The molecule has 0 spiro atoms. The first-order valence-corrected chi connectivity index (χ1v) is 19.1. The summed E-state index contributed by atoms with van der Waals surface area (Å²) in [5.41, 5.74) is 1.71. The zero-order valence-corrected chi connectivity index (χ0v) is 34.7. The molecule has 5 unspecified atom stereocenters. The van der Waals surface area contributed by atoms with Crippen molar-refractivity contribution in [3.63, 3.8) is 0 Å². The Balaban J connectivity index is 1.89. The van der Waals surface area contributed by atoms with Crippen LogP contribution in [0.3, 0.4) is 0 Å². The monoisotopic (exact) mass is 824 g/mol. The van der Waals surface area contributed by atoms with Crippen LogP contribution in [0.5, 0.6) is 5.75 Å². The van der Waals surface area contributed by atoms with E-state index in [1.165, 1.54) is 6.92 Å². The number of benzene rings is 1. The Morgan fingerprint density at radius 3 is 1.66 bits per heavy atom. The predicted octanol–water partition coefficient (Wildman–Crippen LogP) is 4.21. The Bertz CT molecular complexity index is 1580. The summed E-state index contributed by atoms with van der Waals surface area (Å²) in [4.78, 5) is 86.3. The maximum Gasteiger partial charge on any atom is 0.513 e. The highest BCUT2D eigenvalue weighted by molar-refractivity contribution is 5.69. The van der Waals surface area contributed by atoms with Crippen LogP contribution in [0.25, 0.3) is 0 Å². The van der Waals surface area contributed by atoms with E-state index in [0.29, 0.717) is 5.75 Å². The van der Waals surface area contributed by atoms with Crippen LogP contribution < -0.4 is 4.74 Å². The molecule has 0 N–H and O–H groups in total.